The molecule has 1 N–H and O–H groups in total. The minimum Gasteiger partial charge on any atom is -0.493 e. The lowest BCUT2D eigenvalue weighted by molar-refractivity contribution is 0.235. The van der Waals surface area contributed by atoms with Gasteiger partial charge in [0.05, 0.1) is 18.8 Å². The first kappa shape index (κ1) is 18.5. The maximum Gasteiger partial charge on any atom is 0.227 e. The fourth-order valence-corrected chi connectivity index (χ4v) is 2.06. The maximum absolute atomic E-state index is 13.4. The van der Waals surface area contributed by atoms with Crippen LogP contribution >= 0.6 is 0 Å². The molecule has 0 bridgehead atoms. The standard InChI is InChI=1S/C18H18FNO5/c19-16-8-14(5-4-13(16)10-20)23-6-2-1-3-7-24-18-12-25-15(11-21)9-17(18)22/h4-5,8-9,12,21H,1-3,6-7,11H2. The molecule has 0 unspecified atom stereocenters. The Morgan fingerprint density at radius 1 is 1.16 bits per heavy atom. The first-order valence-corrected chi connectivity index (χ1v) is 7.82. The quantitative estimate of drug-likeness (QED) is 0.701. The second-order valence-electron chi connectivity index (χ2n) is 5.24. The normalized spacial score (nSPS) is 10.3. The molecule has 0 aliphatic rings. The van der Waals surface area contributed by atoms with Crippen LogP contribution in [0.4, 0.5) is 4.39 Å². The zero-order valence-electron chi connectivity index (χ0n) is 13.5. The molecule has 0 aliphatic carbocycles. The van der Waals surface area contributed by atoms with Crippen molar-refractivity contribution in [2.24, 2.45) is 0 Å². The van der Waals surface area contributed by atoms with E-state index < -0.39 is 5.82 Å². The van der Waals surface area contributed by atoms with Gasteiger partial charge in [0.1, 0.15) is 36.3 Å². The van der Waals surface area contributed by atoms with Crippen molar-refractivity contribution >= 4 is 0 Å². The second-order valence-corrected chi connectivity index (χ2v) is 5.24. The Hall–Kier alpha value is -2.85. The summed E-state index contributed by atoms with van der Waals surface area (Å²) in [5, 5.41) is 17.5. The number of aliphatic hydroxyl groups is 1. The van der Waals surface area contributed by atoms with Crippen molar-refractivity contribution in [1.82, 2.24) is 0 Å². The average Bonchev–Trinajstić information content (AvgIpc) is 2.62. The van der Waals surface area contributed by atoms with Crippen LogP contribution in [0, 0.1) is 17.1 Å². The number of nitriles is 1. The van der Waals surface area contributed by atoms with E-state index in [0.29, 0.717) is 25.4 Å². The van der Waals surface area contributed by atoms with E-state index in [2.05, 4.69) is 0 Å². The van der Waals surface area contributed by atoms with Gasteiger partial charge < -0.3 is 19.0 Å². The lowest BCUT2D eigenvalue weighted by Gasteiger charge is -2.07. The summed E-state index contributed by atoms with van der Waals surface area (Å²) in [7, 11) is 0. The molecule has 0 spiro atoms. The van der Waals surface area contributed by atoms with Gasteiger partial charge in [-0.3, -0.25) is 4.79 Å². The van der Waals surface area contributed by atoms with Gasteiger partial charge in [-0.05, 0) is 31.4 Å². The molecule has 0 radical (unpaired) electrons. The molecule has 0 saturated carbocycles. The highest BCUT2D eigenvalue weighted by molar-refractivity contribution is 5.36. The molecule has 1 heterocycles. The zero-order valence-corrected chi connectivity index (χ0v) is 13.5. The SMILES string of the molecule is N#Cc1ccc(OCCCCCOc2coc(CO)cc2=O)cc1F. The summed E-state index contributed by atoms with van der Waals surface area (Å²) in [5.74, 6) is 0.0871. The van der Waals surface area contributed by atoms with Gasteiger partial charge in [-0.15, -0.1) is 0 Å². The third-order valence-corrected chi connectivity index (χ3v) is 3.38. The van der Waals surface area contributed by atoms with Crippen molar-refractivity contribution in [3.63, 3.8) is 0 Å². The number of halogens is 1. The number of hydrogen-bond acceptors (Lipinski definition) is 6. The van der Waals surface area contributed by atoms with E-state index in [1.807, 2.05) is 0 Å². The average molecular weight is 347 g/mol. The summed E-state index contributed by atoms with van der Waals surface area (Å²) in [5.41, 5.74) is -0.345. The van der Waals surface area contributed by atoms with E-state index in [-0.39, 0.29) is 29.1 Å². The van der Waals surface area contributed by atoms with Crippen molar-refractivity contribution in [3.8, 4) is 17.6 Å². The van der Waals surface area contributed by atoms with Crippen molar-refractivity contribution in [3.05, 3.63) is 57.9 Å². The van der Waals surface area contributed by atoms with Crippen LogP contribution in [0.1, 0.15) is 30.6 Å². The molecule has 7 heteroatoms. The van der Waals surface area contributed by atoms with Gasteiger partial charge in [-0.2, -0.15) is 5.26 Å². The Bertz CT molecular complexity index is 797. The number of rotatable bonds is 9. The number of ether oxygens (including phenoxy) is 2. The lowest BCUT2D eigenvalue weighted by Crippen LogP contribution is -2.09. The highest BCUT2D eigenvalue weighted by atomic mass is 19.1. The summed E-state index contributed by atoms with van der Waals surface area (Å²) in [4.78, 5) is 11.6. The van der Waals surface area contributed by atoms with Gasteiger partial charge in [0, 0.05) is 12.1 Å². The summed E-state index contributed by atoms with van der Waals surface area (Å²) < 4.78 is 29.2. The van der Waals surface area contributed by atoms with Crippen molar-refractivity contribution in [1.29, 1.82) is 5.26 Å². The minimum atomic E-state index is -0.598. The van der Waals surface area contributed by atoms with Crippen LogP contribution in [-0.4, -0.2) is 18.3 Å². The number of benzene rings is 1. The molecular formula is C18H18FNO5. The minimum absolute atomic E-state index is 0.0130. The topological polar surface area (TPSA) is 92.7 Å². The van der Waals surface area contributed by atoms with Gasteiger partial charge in [0.15, 0.2) is 0 Å². The van der Waals surface area contributed by atoms with E-state index in [1.54, 1.807) is 12.1 Å². The molecule has 132 valence electrons. The molecule has 0 aliphatic heterocycles. The Balaban J connectivity index is 1.63. The van der Waals surface area contributed by atoms with Crippen molar-refractivity contribution < 1.29 is 23.4 Å². The van der Waals surface area contributed by atoms with Crippen molar-refractivity contribution in [2.75, 3.05) is 13.2 Å². The smallest absolute Gasteiger partial charge is 0.227 e. The Kier molecular flexibility index (Phi) is 6.99. The Labute approximate surface area is 144 Å². The molecule has 2 aromatic rings. The molecule has 0 fully saturated rings. The first-order chi connectivity index (χ1) is 12.1. The van der Waals surface area contributed by atoms with Crippen LogP contribution in [0.25, 0.3) is 0 Å². The zero-order chi connectivity index (χ0) is 18.1. The van der Waals surface area contributed by atoms with E-state index in [0.717, 1.165) is 12.8 Å². The Morgan fingerprint density at radius 3 is 2.56 bits per heavy atom. The molecular weight excluding hydrogens is 329 g/mol. The fraction of sp³-hybridized carbons (Fsp3) is 0.333. The molecule has 2 rings (SSSR count). The highest BCUT2D eigenvalue weighted by Gasteiger charge is 2.05. The van der Waals surface area contributed by atoms with E-state index in [9.17, 15) is 9.18 Å². The lowest BCUT2D eigenvalue weighted by atomic mass is 10.2. The van der Waals surface area contributed by atoms with Crippen LogP contribution in [-0.2, 0) is 6.61 Å². The summed E-state index contributed by atoms with van der Waals surface area (Å²) in [6.07, 6.45) is 3.45. The number of nitrogens with zero attached hydrogens (tertiary/aromatic N) is 1. The highest BCUT2D eigenvalue weighted by Crippen LogP contribution is 2.16. The van der Waals surface area contributed by atoms with Crippen LogP contribution in [0.2, 0.25) is 0 Å². The number of unbranched alkanes of at least 4 members (excludes halogenated alkanes) is 2. The van der Waals surface area contributed by atoms with Gasteiger partial charge >= 0.3 is 0 Å². The number of aliphatic hydroxyl groups excluding tert-OH is 1. The van der Waals surface area contributed by atoms with Crippen LogP contribution in [0.15, 0.2) is 39.7 Å². The molecule has 6 nitrogen and oxygen atoms in total. The van der Waals surface area contributed by atoms with E-state index in [1.165, 1.54) is 24.5 Å². The number of hydrogen-bond donors (Lipinski definition) is 1. The first-order valence-electron chi connectivity index (χ1n) is 7.82. The maximum atomic E-state index is 13.4. The molecule has 0 atom stereocenters. The van der Waals surface area contributed by atoms with Gasteiger partial charge in [-0.1, -0.05) is 0 Å². The van der Waals surface area contributed by atoms with Crippen LogP contribution < -0.4 is 14.9 Å². The third-order valence-electron chi connectivity index (χ3n) is 3.38. The molecule has 1 aromatic carbocycles. The molecule has 0 amide bonds. The molecule has 1 aromatic heterocycles. The Morgan fingerprint density at radius 2 is 1.92 bits per heavy atom. The van der Waals surface area contributed by atoms with Crippen LogP contribution in [0.3, 0.4) is 0 Å². The van der Waals surface area contributed by atoms with Crippen LogP contribution in [0.5, 0.6) is 11.5 Å². The monoisotopic (exact) mass is 347 g/mol. The largest absolute Gasteiger partial charge is 0.493 e. The van der Waals surface area contributed by atoms with E-state index >= 15 is 0 Å². The summed E-state index contributed by atoms with van der Waals surface area (Å²) >= 11 is 0. The van der Waals surface area contributed by atoms with Gasteiger partial charge in [0.25, 0.3) is 0 Å². The molecule has 25 heavy (non-hydrogen) atoms. The second kappa shape index (κ2) is 9.45. The fourth-order valence-electron chi connectivity index (χ4n) is 2.06. The van der Waals surface area contributed by atoms with Crippen molar-refractivity contribution in [2.45, 2.75) is 25.9 Å². The molecule has 0 saturated heterocycles. The predicted molar refractivity (Wildman–Crippen MR) is 86.9 cm³/mol. The summed E-state index contributed by atoms with van der Waals surface area (Å²) in [6.45, 7) is 0.437. The third kappa shape index (κ3) is 5.62. The summed E-state index contributed by atoms with van der Waals surface area (Å²) in [6, 6.07) is 7.07. The predicted octanol–water partition coefficient (Wildman–Crippen LogP) is 2.77. The van der Waals surface area contributed by atoms with Gasteiger partial charge in [0.2, 0.25) is 11.2 Å². The van der Waals surface area contributed by atoms with E-state index in [4.69, 9.17) is 24.3 Å². The van der Waals surface area contributed by atoms with Gasteiger partial charge in [-0.25, -0.2) is 4.39 Å².